The number of halogens is 1. The second-order valence-electron chi connectivity index (χ2n) is 8.22. The van der Waals surface area contributed by atoms with Gasteiger partial charge in [0.05, 0.1) is 5.71 Å². The number of benzene rings is 3. The summed E-state index contributed by atoms with van der Waals surface area (Å²) in [6.07, 6.45) is 1.51. The molecule has 3 aromatic carbocycles. The highest BCUT2D eigenvalue weighted by atomic mass is 19.1. The Morgan fingerprint density at radius 1 is 0.875 bits per heavy atom. The van der Waals surface area contributed by atoms with Crippen molar-refractivity contribution >= 4 is 5.71 Å². The Bertz CT molecular complexity index is 941. The lowest BCUT2D eigenvalue weighted by Gasteiger charge is -2.28. The molecule has 0 aromatic heterocycles. The van der Waals surface area contributed by atoms with Crippen LogP contribution in [0.5, 0.6) is 5.75 Å². The largest absolute Gasteiger partial charge is 0.492 e. The van der Waals surface area contributed by atoms with Crippen molar-refractivity contribution in [2.75, 3.05) is 32.8 Å². The minimum absolute atomic E-state index is 0.629. The van der Waals surface area contributed by atoms with Crippen molar-refractivity contribution in [1.82, 2.24) is 4.90 Å². The number of alkyl halides is 1. The van der Waals surface area contributed by atoms with Gasteiger partial charge in [0, 0.05) is 37.3 Å². The van der Waals surface area contributed by atoms with E-state index in [1.165, 1.54) is 5.56 Å². The first kappa shape index (κ1) is 22.2. The monoisotopic (exact) mass is 430 g/mol. The first-order chi connectivity index (χ1) is 15.8. The van der Waals surface area contributed by atoms with E-state index in [2.05, 4.69) is 65.6 Å². The van der Waals surface area contributed by atoms with Gasteiger partial charge >= 0.3 is 0 Å². The summed E-state index contributed by atoms with van der Waals surface area (Å²) in [6.45, 7) is 3.84. The molecule has 1 saturated heterocycles. The summed E-state index contributed by atoms with van der Waals surface area (Å²) in [7, 11) is 0. The number of hydrogen-bond acceptors (Lipinski definition) is 3. The molecule has 0 unspecified atom stereocenters. The molecule has 0 N–H and O–H groups in total. The van der Waals surface area contributed by atoms with Gasteiger partial charge in [0.2, 0.25) is 0 Å². The minimum atomic E-state index is -0.629. The highest BCUT2D eigenvalue weighted by molar-refractivity contribution is 6.12. The summed E-state index contributed by atoms with van der Waals surface area (Å²) in [5.74, 6) is 0.887. The Morgan fingerprint density at radius 3 is 2.19 bits per heavy atom. The molecule has 4 heteroatoms. The molecule has 0 atom stereocenters. The van der Waals surface area contributed by atoms with Crippen molar-refractivity contribution in [1.29, 1.82) is 0 Å². The first-order valence-corrected chi connectivity index (χ1v) is 11.5. The zero-order valence-corrected chi connectivity index (χ0v) is 18.5. The zero-order valence-electron chi connectivity index (χ0n) is 18.5. The van der Waals surface area contributed by atoms with Gasteiger partial charge in [-0.15, -0.1) is 0 Å². The number of hydrogen-bond donors (Lipinski definition) is 0. The van der Waals surface area contributed by atoms with E-state index in [0.717, 1.165) is 48.6 Å². The molecule has 0 aliphatic carbocycles. The lowest BCUT2D eigenvalue weighted by molar-refractivity contribution is 0.132. The Labute approximate surface area is 190 Å². The Kier molecular flexibility index (Phi) is 8.05. The van der Waals surface area contributed by atoms with Gasteiger partial charge in [-0.05, 0) is 37.0 Å². The molecule has 3 nitrogen and oxygen atoms in total. The molecule has 32 heavy (non-hydrogen) atoms. The summed E-state index contributed by atoms with van der Waals surface area (Å²) < 4.78 is 19.2. The maximum atomic E-state index is 13.3. The third-order valence-corrected chi connectivity index (χ3v) is 5.86. The number of ether oxygens (including phenoxy) is 1. The summed E-state index contributed by atoms with van der Waals surface area (Å²) in [6, 6.07) is 29.0. The van der Waals surface area contributed by atoms with Crippen LogP contribution in [0.3, 0.4) is 0 Å². The smallest absolute Gasteiger partial charge is 0.119 e. The second kappa shape index (κ2) is 11.6. The van der Waals surface area contributed by atoms with Crippen LogP contribution < -0.4 is 4.74 Å². The van der Waals surface area contributed by atoms with Gasteiger partial charge in [-0.1, -0.05) is 72.8 Å². The van der Waals surface area contributed by atoms with Crippen LogP contribution in [0.4, 0.5) is 4.39 Å². The van der Waals surface area contributed by atoms with E-state index >= 15 is 0 Å². The molecule has 3 aromatic rings. The molecule has 0 radical (unpaired) electrons. The molecular formula is C28H31FN2O. The summed E-state index contributed by atoms with van der Waals surface area (Å²) in [5.41, 5.74) is 4.50. The van der Waals surface area contributed by atoms with Gasteiger partial charge in [-0.2, -0.15) is 0 Å². The SMILES string of the molecule is FC1CCN(CCOc2cccc(CCN=C(c3ccccc3)c3ccccc3)c2)CC1. The zero-order chi connectivity index (χ0) is 22.0. The Hall–Kier alpha value is -2.98. The normalized spacial score (nSPS) is 14.8. The van der Waals surface area contributed by atoms with Crippen molar-refractivity contribution < 1.29 is 9.13 Å². The number of nitrogens with zero attached hydrogens (tertiary/aromatic N) is 2. The van der Waals surface area contributed by atoms with E-state index in [1.807, 2.05) is 24.3 Å². The van der Waals surface area contributed by atoms with Crippen LogP contribution in [-0.2, 0) is 6.42 Å². The van der Waals surface area contributed by atoms with Gasteiger partial charge in [-0.3, -0.25) is 9.89 Å². The van der Waals surface area contributed by atoms with E-state index in [0.29, 0.717) is 26.0 Å². The number of piperidine rings is 1. The second-order valence-corrected chi connectivity index (χ2v) is 8.22. The van der Waals surface area contributed by atoms with E-state index < -0.39 is 6.17 Å². The molecule has 1 aliphatic heterocycles. The van der Waals surface area contributed by atoms with Crippen molar-refractivity contribution in [3.8, 4) is 5.75 Å². The molecule has 1 heterocycles. The molecular weight excluding hydrogens is 399 g/mol. The van der Waals surface area contributed by atoms with Gasteiger partial charge in [0.25, 0.3) is 0 Å². The van der Waals surface area contributed by atoms with Crippen molar-refractivity contribution in [2.45, 2.75) is 25.4 Å². The van der Waals surface area contributed by atoms with Crippen LogP contribution in [0, 0.1) is 0 Å². The average Bonchev–Trinajstić information content (AvgIpc) is 2.84. The van der Waals surface area contributed by atoms with Gasteiger partial charge < -0.3 is 4.74 Å². The van der Waals surface area contributed by atoms with Crippen molar-refractivity contribution in [2.24, 2.45) is 4.99 Å². The van der Waals surface area contributed by atoms with E-state index in [9.17, 15) is 4.39 Å². The quantitative estimate of drug-likeness (QED) is 0.414. The molecule has 1 fully saturated rings. The predicted octanol–water partition coefficient (Wildman–Crippen LogP) is 5.58. The van der Waals surface area contributed by atoms with Crippen molar-refractivity contribution in [3.63, 3.8) is 0 Å². The minimum Gasteiger partial charge on any atom is -0.492 e. The molecule has 0 saturated carbocycles. The lowest BCUT2D eigenvalue weighted by atomic mass is 10.0. The topological polar surface area (TPSA) is 24.8 Å². The summed E-state index contributed by atoms with van der Waals surface area (Å²) >= 11 is 0. The van der Waals surface area contributed by atoms with E-state index in [1.54, 1.807) is 0 Å². The highest BCUT2D eigenvalue weighted by Gasteiger charge is 2.17. The first-order valence-electron chi connectivity index (χ1n) is 11.5. The molecule has 1 aliphatic rings. The van der Waals surface area contributed by atoms with Crippen LogP contribution >= 0.6 is 0 Å². The van der Waals surface area contributed by atoms with Crippen LogP contribution in [0.15, 0.2) is 89.9 Å². The lowest BCUT2D eigenvalue weighted by Crippen LogP contribution is -2.37. The summed E-state index contributed by atoms with van der Waals surface area (Å²) in [5, 5.41) is 0. The van der Waals surface area contributed by atoms with Crippen LogP contribution in [-0.4, -0.2) is 49.6 Å². The number of rotatable bonds is 9. The predicted molar refractivity (Wildman–Crippen MR) is 130 cm³/mol. The van der Waals surface area contributed by atoms with Crippen LogP contribution in [0.1, 0.15) is 29.5 Å². The fourth-order valence-electron chi connectivity index (χ4n) is 4.05. The molecule has 0 amide bonds. The maximum Gasteiger partial charge on any atom is 0.119 e. The highest BCUT2D eigenvalue weighted by Crippen LogP contribution is 2.16. The molecule has 0 spiro atoms. The standard InChI is InChI=1S/C28H31FN2O/c29-26-15-18-31(19-16-26)20-21-32-27-13-7-8-23(22-27)14-17-30-28(24-9-3-1-4-10-24)25-11-5-2-6-12-25/h1-13,22,26H,14-21H2. The number of likely N-dealkylation sites (tertiary alicyclic amines) is 1. The van der Waals surface area contributed by atoms with Crippen LogP contribution in [0.2, 0.25) is 0 Å². The molecule has 4 rings (SSSR count). The average molecular weight is 431 g/mol. The maximum absolute atomic E-state index is 13.3. The van der Waals surface area contributed by atoms with Crippen molar-refractivity contribution in [3.05, 3.63) is 102 Å². The third kappa shape index (κ3) is 6.51. The third-order valence-electron chi connectivity index (χ3n) is 5.86. The Balaban J connectivity index is 1.34. The number of aliphatic imine (C=N–C) groups is 1. The fraction of sp³-hybridized carbons (Fsp3) is 0.321. The van der Waals surface area contributed by atoms with E-state index in [4.69, 9.17) is 9.73 Å². The summed E-state index contributed by atoms with van der Waals surface area (Å²) in [4.78, 5) is 7.24. The van der Waals surface area contributed by atoms with Gasteiger partial charge in [-0.25, -0.2) is 4.39 Å². The van der Waals surface area contributed by atoms with Crippen LogP contribution in [0.25, 0.3) is 0 Å². The molecule has 0 bridgehead atoms. The molecule has 166 valence electrons. The van der Waals surface area contributed by atoms with E-state index in [-0.39, 0.29) is 0 Å². The van der Waals surface area contributed by atoms with Gasteiger partial charge in [0.1, 0.15) is 18.5 Å². The Morgan fingerprint density at radius 2 is 1.53 bits per heavy atom. The fourth-order valence-corrected chi connectivity index (χ4v) is 4.05. The van der Waals surface area contributed by atoms with Gasteiger partial charge in [0.15, 0.2) is 0 Å².